The highest BCUT2D eigenvalue weighted by Gasteiger charge is 2.20. The van der Waals surface area contributed by atoms with Crippen molar-refractivity contribution in [1.82, 2.24) is 5.32 Å². The minimum Gasteiger partial charge on any atom is -0.369 e. The first-order valence-corrected chi connectivity index (χ1v) is 7.86. The number of hydrogen-bond donors (Lipinski definition) is 1. The number of rotatable bonds is 4. The Morgan fingerprint density at radius 2 is 2.10 bits per heavy atom. The first kappa shape index (κ1) is 15.3. The first-order chi connectivity index (χ1) is 9.58. The van der Waals surface area contributed by atoms with E-state index in [0.29, 0.717) is 12.1 Å². The quantitative estimate of drug-likeness (QED) is 0.892. The molecule has 0 aliphatic carbocycles. The molecule has 0 bridgehead atoms. The van der Waals surface area contributed by atoms with Crippen LogP contribution in [0.2, 0.25) is 0 Å². The van der Waals surface area contributed by atoms with Gasteiger partial charge < -0.3 is 10.2 Å². The van der Waals surface area contributed by atoms with Crippen molar-refractivity contribution in [1.29, 1.82) is 0 Å². The third kappa shape index (κ3) is 3.95. The van der Waals surface area contributed by atoms with Gasteiger partial charge in [0, 0.05) is 30.9 Å². The predicted molar refractivity (Wildman–Crippen MR) is 83.7 cm³/mol. The van der Waals surface area contributed by atoms with Gasteiger partial charge in [-0.25, -0.2) is 4.39 Å². The Morgan fingerprint density at radius 3 is 2.85 bits per heavy atom. The minimum absolute atomic E-state index is 0.142. The molecule has 1 N–H and O–H groups in total. The molecule has 2 nitrogen and oxygen atoms in total. The van der Waals surface area contributed by atoms with Crippen LogP contribution < -0.4 is 10.2 Å². The molecule has 0 radical (unpaired) electrons. The lowest BCUT2D eigenvalue weighted by molar-refractivity contribution is 0.573. The average Bonchev–Trinajstić information content (AvgIpc) is 2.61. The Hall–Kier alpha value is -1.09. The average molecular weight is 278 g/mol. The predicted octanol–water partition coefficient (Wildman–Crippen LogP) is 4.09. The fourth-order valence-electron chi connectivity index (χ4n) is 2.92. The van der Waals surface area contributed by atoms with E-state index in [4.69, 9.17) is 0 Å². The maximum Gasteiger partial charge on any atom is 0.123 e. The fraction of sp³-hybridized carbons (Fsp3) is 0.647. The number of hydrogen-bond acceptors (Lipinski definition) is 2. The highest BCUT2D eigenvalue weighted by molar-refractivity contribution is 5.54. The van der Waals surface area contributed by atoms with Gasteiger partial charge in [0.2, 0.25) is 0 Å². The van der Waals surface area contributed by atoms with Gasteiger partial charge in [0.25, 0.3) is 0 Å². The van der Waals surface area contributed by atoms with Gasteiger partial charge in [0.1, 0.15) is 5.82 Å². The smallest absolute Gasteiger partial charge is 0.123 e. The Morgan fingerprint density at radius 1 is 1.30 bits per heavy atom. The molecule has 1 unspecified atom stereocenters. The molecule has 112 valence electrons. The van der Waals surface area contributed by atoms with E-state index in [1.165, 1.54) is 31.4 Å². The molecule has 0 aromatic heterocycles. The molecule has 1 aliphatic rings. The molecular weight excluding hydrogens is 251 g/mol. The molecule has 0 saturated carbocycles. The maximum atomic E-state index is 13.6. The number of halogens is 1. The van der Waals surface area contributed by atoms with Gasteiger partial charge in [0.05, 0.1) is 0 Å². The second kappa shape index (κ2) is 7.07. The summed E-state index contributed by atoms with van der Waals surface area (Å²) in [6.45, 7) is 8.34. The molecule has 1 aromatic rings. The molecule has 0 spiro atoms. The number of nitrogens with zero attached hydrogens (tertiary/aromatic N) is 1. The van der Waals surface area contributed by atoms with Crippen LogP contribution in [0, 0.1) is 5.82 Å². The van der Waals surface area contributed by atoms with Gasteiger partial charge in [-0.2, -0.15) is 0 Å². The van der Waals surface area contributed by atoms with Crippen molar-refractivity contribution in [2.75, 3.05) is 11.4 Å². The van der Waals surface area contributed by atoms with E-state index in [0.717, 1.165) is 18.7 Å². The Balaban J connectivity index is 2.24. The second-order valence-corrected chi connectivity index (χ2v) is 6.20. The molecule has 1 fully saturated rings. The van der Waals surface area contributed by atoms with Crippen molar-refractivity contribution in [3.63, 3.8) is 0 Å². The van der Waals surface area contributed by atoms with E-state index in [1.807, 2.05) is 6.07 Å². The van der Waals surface area contributed by atoms with Crippen LogP contribution in [0.3, 0.4) is 0 Å². The standard InChI is InChI=1S/C17H27FN2/c1-13(2)19-12-15-11-16(18)8-9-17(15)20-10-6-4-5-7-14(20)3/h8-9,11,13-14,19H,4-7,10,12H2,1-3H3. The van der Waals surface area contributed by atoms with Crippen LogP contribution >= 0.6 is 0 Å². The third-order valence-electron chi connectivity index (χ3n) is 4.10. The van der Waals surface area contributed by atoms with Crippen molar-refractivity contribution < 1.29 is 4.39 Å². The monoisotopic (exact) mass is 278 g/mol. The summed E-state index contributed by atoms with van der Waals surface area (Å²) in [5.74, 6) is -0.142. The lowest BCUT2D eigenvalue weighted by Gasteiger charge is -2.31. The van der Waals surface area contributed by atoms with Crippen molar-refractivity contribution >= 4 is 5.69 Å². The number of anilines is 1. The molecule has 20 heavy (non-hydrogen) atoms. The van der Waals surface area contributed by atoms with Gasteiger partial charge in [-0.1, -0.05) is 26.7 Å². The van der Waals surface area contributed by atoms with Gasteiger partial charge in [-0.05, 0) is 43.5 Å². The van der Waals surface area contributed by atoms with E-state index in [-0.39, 0.29) is 5.82 Å². The van der Waals surface area contributed by atoms with Gasteiger partial charge in [-0.3, -0.25) is 0 Å². The Bertz CT molecular complexity index is 431. The number of benzene rings is 1. The van der Waals surface area contributed by atoms with Gasteiger partial charge in [-0.15, -0.1) is 0 Å². The summed E-state index contributed by atoms with van der Waals surface area (Å²) in [5, 5.41) is 3.41. The van der Waals surface area contributed by atoms with Crippen molar-refractivity contribution in [3.8, 4) is 0 Å². The molecule has 1 aromatic carbocycles. The van der Waals surface area contributed by atoms with E-state index in [9.17, 15) is 4.39 Å². The van der Waals surface area contributed by atoms with E-state index >= 15 is 0 Å². The van der Waals surface area contributed by atoms with Crippen LogP contribution in [0.25, 0.3) is 0 Å². The molecule has 1 heterocycles. The van der Waals surface area contributed by atoms with E-state index < -0.39 is 0 Å². The van der Waals surface area contributed by atoms with Crippen molar-refractivity contribution in [3.05, 3.63) is 29.6 Å². The Kier molecular flexibility index (Phi) is 5.41. The maximum absolute atomic E-state index is 13.6. The molecular formula is C17H27FN2. The van der Waals surface area contributed by atoms with Crippen molar-refractivity contribution in [2.24, 2.45) is 0 Å². The molecule has 3 heteroatoms. The molecule has 1 saturated heterocycles. The third-order valence-corrected chi connectivity index (χ3v) is 4.10. The minimum atomic E-state index is -0.142. The van der Waals surface area contributed by atoms with Gasteiger partial charge >= 0.3 is 0 Å². The molecule has 1 atom stereocenters. The van der Waals surface area contributed by atoms with Crippen LogP contribution in [0.1, 0.15) is 52.0 Å². The van der Waals surface area contributed by atoms with Crippen molar-refractivity contribution in [2.45, 2.75) is 65.1 Å². The summed E-state index contributed by atoms with van der Waals surface area (Å²) < 4.78 is 13.6. The van der Waals surface area contributed by atoms with Crippen LogP contribution in [0.4, 0.5) is 10.1 Å². The fourth-order valence-corrected chi connectivity index (χ4v) is 2.92. The SMILES string of the molecule is CC(C)NCc1cc(F)ccc1N1CCCCCC1C. The zero-order valence-electron chi connectivity index (χ0n) is 13.0. The zero-order chi connectivity index (χ0) is 14.5. The topological polar surface area (TPSA) is 15.3 Å². The summed E-state index contributed by atoms with van der Waals surface area (Å²) in [5.41, 5.74) is 2.28. The largest absolute Gasteiger partial charge is 0.369 e. The molecule has 0 amide bonds. The van der Waals surface area contributed by atoms with E-state index in [1.54, 1.807) is 12.1 Å². The van der Waals surface area contributed by atoms with Crippen LogP contribution in [0.15, 0.2) is 18.2 Å². The van der Waals surface area contributed by atoms with Crippen LogP contribution in [-0.4, -0.2) is 18.6 Å². The van der Waals surface area contributed by atoms with Crippen LogP contribution in [-0.2, 0) is 6.54 Å². The first-order valence-electron chi connectivity index (χ1n) is 7.86. The van der Waals surface area contributed by atoms with Crippen LogP contribution in [0.5, 0.6) is 0 Å². The summed E-state index contributed by atoms with van der Waals surface area (Å²) in [6, 6.07) is 6.18. The van der Waals surface area contributed by atoms with Gasteiger partial charge in [0.15, 0.2) is 0 Å². The summed E-state index contributed by atoms with van der Waals surface area (Å²) in [4.78, 5) is 2.46. The second-order valence-electron chi connectivity index (χ2n) is 6.20. The normalized spacial score (nSPS) is 20.2. The van der Waals surface area contributed by atoms with E-state index in [2.05, 4.69) is 31.0 Å². The lowest BCUT2D eigenvalue weighted by Crippen LogP contribution is -2.34. The highest BCUT2D eigenvalue weighted by Crippen LogP contribution is 2.28. The summed E-state index contributed by atoms with van der Waals surface area (Å²) >= 11 is 0. The summed E-state index contributed by atoms with van der Waals surface area (Å²) in [7, 11) is 0. The molecule has 2 rings (SSSR count). The zero-order valence-corrected chi connectivity index (χ0v) is 13.0. The Labute approximate surface area is 122 Å². The summed E-state index contributed by atoms with van der Waals surface area (Å²) in [6.07, 6.45) is 5.08. The number of nitrogens with one attached hydrogen (secondary N) is 1. The molecule has 1 aliphatic heterocycles. The lowest BCUT2D eigenvalue weighted by atomic mass is 10.1. The highest BCUT2D eigenvalue weighted by atomic mass is 19.1.